The third kappa shape index (κ3) is 5.82. The van der Waals surface area contributed by atoms with Crippen LogP contribution in [0.15, 0.2) is 59.9 Å². The summed E-state index contributed by atoms with van der Waals surface area (Å²) in [6.45, 7) is 5.06. The summed E-state index contributed by atoms with van der Waals surface area (Å²) in [5.41, 5.74) is 2.63. The van der Waals surface area contributed by atoms with Crippen LogP contribution in [0.3, 0.4) is 0 Å². The number of imidazole rings is 1. The Bertz CT molecular complexity index is 1220. The van der Waals surface area contributed by atoms with E-state index >= 15 is 0 Å². The summed E-state index contributed by atoms with van der Waals surface area (Å²) in [4.78, 5) is 19.1. The molecule has 33 heavy (non-hydrogen) atoms. The quantitative estimate of drug-likeness (QED) is 0.427. The Balaban J connectivity index is 1.93. The molecular weight excluding hydrogens is 462 g/mol. The van der Waals surface area contributed by atoms with Gasteiger partial charge in [0.1, 0.15) is 0 Å². The first-order chi connectivity index (χ1) is 15.8. The first kappa shape index (κ1) is 25.0. The topological polar surface area (TPSA) is 81.5 Å². The zero-order valence-corrected chi connectivity index (χ0v) is 20.6. The molecule has 3 rings (SSSR count). The molecular formula is C24H28ClN3O4S. The molecule has 0 aliphatic carbocycles. The van der Waals surface area contributed by atoms with E-state index in [1.54, 1.807) is 46.9 Å². The predicted molar refractivity (Wildman–Crippen MR) is 128 cm³/mol. The van der Waals surface area contributed by atoms with E-state index in [9.17, 15) is 13.2 Å². The minimum Gasteiger partial charge on any atom is -0.383 e. The number of amides is 1. The van der Waals surface area contributed by atoms with Crippen molar-refractivity contribution < 1.29 is 17.9 Å². The van der Waals surface area contributed by atoms with Gasteiger partial charge in [-0.15, -0.1) is 0 Å². The number of benzene rings is 2. The Labute approximate surface area is 199 Å². The molecule has 0 unspecified atom stereocenters. The number of aryl methyl sites for hydroxylation is 1. The molecule has 3 aromatic rings. The number of ether oxygens (including phenoxy) is 1. The number of nitrogens with zero attached hydrogens (tertiary/aromatic N) is 3. The van der Waals surface area contributed by atoms with Crippen LogP contribution in [-0.4, -0.2) is 49.0 Å². The second-order valence-electron chi connectivity index (χ2n) is 7.66. The van der Waals surface area contributed by atoms with E-state index in [-0.39, 0.29) is 23.4 Å². The van der Waals surface area contributed by atoms with Gasteiger partial charge in [0, 0.05) is 30.8 Å². The second kappa shape index (κ2) is 11.0. The van der Waals surface area contributed by atoms with Crippen molar-refractivity contribution in [3.63, 3.8) is 0 Å². The normalized spacial score (nSPS) is 11.5. The van der Waals surface area contributed by atoms with Crippen LogP contribution in [0.4, 0.5) is 0 Å². The number of methoxy groups -OCH3 is 1. The molecule has 0 saturated heterocycles. The third-order valence-corrected chi connectivity index (χ3v) is 7.34. The van der Waals surface area contributed by atoms with Gasteiger partial charge in [-0.3, -0.25) is 4.79 Å². The lowest BCUT2D eigenvalue weighted by atomic mass is 10.1. The van der Waals surface area contributed by atoms with Crippen LogP contribution >= 0.6 is 11.6 Å². The fourth-order valence-electron chi connectivity index (χ4n) is 3.58. The summed E-state index contributed by atoms with van der Waals surface area (Å²) >= 11 is 6.18. The summed E-state index contributed by atoms with van der Waals surface area (Å²) in [6, 6.07) is 14.2. The van der Waals surface area contributed by atoms with E-state index < -0.39 is 9.84 Å². The first-order valence-corrected chi connectivity index (χ1v) is 12.7. The maximum atomic E-state index is 13.2. The fourth-order valence-corrected chi connectivity index (χ4v) is 5.41. The lowest BCUT2D eigenvalue weighted by Crippen LogP contribution is -2.32. The van der Waals surface area contributed by atoms with E-state index in [1.165, 1.54) is 6.20 Å². The Morgan fingerprint density at radius 3 is 2.52 bits per heavy atom. The maximum Gasteiger partial charge on any atom is 0.254 e. The highest BCUT2D eigenvalue weighted by Crippen LogP contribution is 2.23. The van der Waals surface area contributed by atoms with Crippen molar-refractivity contribution in [3.8, 4) is 0 Å². The third-order valence-electron chi connectivity index (χ3n) is 5.40. The number of carbonyl (C=O) groups is 1. The summed E-state index contributed by atoms with van der Waals surface area (Å²) < 4.78 is 33.3. The molecule has 1 amide bonds. The van der Waals surface area contributed by atoms with Crippen LogP contribution in [0.1, 0.15) is 34.1 Å². The molecule has 0 N–H and O–H groups in total. The highest BCUT2D eigenvalue weighted by atomic mass is 35.5. The zero-order chi connectivity index (χ0) is 24.0. The van der Waals surface area contributed by atoms with E-state index in [2.05, 4.69) is 4.98 Å². The van der Waals surface area contributed by atoms with Gasteiger partial charge in [-0.05, 0) is 37.1 Å². The molecule has 0 atom stereocenters. The number of hydrogen-bond acceptors (Lipinski definition) is 5. The fraction of sp³-hybridized carbons (Fsp3) is 0.333. The Kier molecular flexibility index (Phi) is 8.29. The lowest BCUT2D eigenvalue weighted by molar-refractivity contribution is 0.0747. The number of aromatic nitrogens is 2. The lowest BCUT2D eigenvalue weighted by Gasteiger charge is -2.23. The van der Waals surface area contributed by atoms with E-state index in [1.807, 2.05) is 32.0 Å². The maximum absolute atomic E-state index is 13.2. The summed E-state index contributed by atoms with van der Waals surface area (Å²) in [6.07, 6.45) is 1.52. The van der Waals surface area contributed by atoms with Crippen molar-refractivity contribution in [2.45, 2.75) is 37.8 Å². The molecule has 2 aromatic carbocycles. The number of halogens is 1. The van der Waals surface area contributed by atoms with Crippen molar-refractivity contribution in [1.29, 1.82) is 0 Å². The number of sulfone groups is 1. The molecule has 0 aliphatic rings. The molecule has 176 valence electrons. The average molecular weight is 490 g/mol. The number of rotatable bonds is 10. The molecule has 0 spiro atoms. The summed E-state index contributed by atoms with van der Waals surface area (Å²) in [5, 5.41) is 0.325. The Hall–Kier alpha value is -2.68. The molecule has 0 aliphatic heterocycles. The van der Waals surface area contributed by atoms with Crippen LogP contribution in [0.5, 0.6) is 0 Å². The van der Waals surface area contributed by atoms with Crippen LogP contribution in [-0.2, 0) is 33.4 Å². The second-order valence-corrected chi connectivity index (χ2v) is 9.95. The first-order valence-electron chi connectivity index (χ1n) is 10.6. The van der Waals surface area contributed by atoms with Gasteiger partial charge in [0.05, 0.1) is 30.8 Å². The molecule has 9 heteroatoms. The van der Waals surface area contributed by atoms with Gasteiger partial charge in [-0.1, -0.05) is 48.0 Å². The van der Waals surface area contributed by atoms with E-state index in [4.69, 9.17) is 16.3 Å². The van der Waals surface area contributed by atoms with Crippen LogP contribution < -0.4 is 0 Å². The highest BCUT2D eigenvalue weighted by molar-refractivity contribution is 7.90. The molecule has 1 aromatic heterocycles. The molecule has 1 heterocycles. The van der Waals surface area contributed by atoms with Crippen LogP contribution in [0.25, 0.3) is 0 Å². The summed E-state index contributed by atoms with van der Waals surface area (Å²) in [5.74, 6) is -0.383. The van der Waals surface area contributed by atoms with Gasteiger partial charge in [0.25, 0.3) is 5.91 Å². The highest BCUT2D eigenvalue weighted by Gasteiger charge is 2.26. The molecule has 0 radical (unpaired) electrons. The van der Waals surface area contributed by atoms with Gasteiger partial charge in [-0.2, -0.15) is 0 Å². The van der Waals surface area contributed by atoms with Crippen LogP contribution in [0.2, 0.25) is 5.02 Å². The smallest absolute Gasteiger partial charge is 0.254 e. The molecule has 0 fully saturated rings. The average Bonchev–Trinajstić information content (AvgIpc) is 3.20. The Morgan fingerprint density at radius 1 is 1.15 bits per heavy atom. The Morgan fingerprint density at radius 2 is 1.85 bits per heavy atom. The van der Waals surface area contributed by atoms with Crippen molar-refractivity contribution >= 4 is 27.3 Å². The van der Waals surface area contributed by atoms with Crippen LogP contribution in [0, 0.1) is 6.92 Å². The van der Waals surface area contributed by atoms with E-state index in [0.717, 1.165) is 5.56 Å². The zero-order valence-electron chi connectivity index (χ0n) is 19.0. The van der Waals surface area contributed by atoms with Gasteiger partial charge >= 0.3 is 0 Å². The van der Waals surface area contributed by atoms with Crippen molar-refractivity contribution in [3.05, 3.63) is 82.1 Å². The molecule has 0 saturated carbocycles. The summed E-state index contributed by atoms with van der Waals surface area (Å²) in [7, 11) is -2.24. The monoisotopic (exact) mass is 489 g/mol. The van der Waals surface area contributed by atoms with Crippen molar-refractivity contribution in [1.82, 2.24) is 14.5 Å². The van der Waals surface area contributed by atoms with Gasteiger partial charge in [0.15, 0.2) is 0 Å². The standard InChI is InChI=1S/C24H28ClN3O4S/c1-4-27(23(29)21-11-7-5-9-18(21)2)16-20-15-26-24(28(20)13-14-32-3)33(30,31)17-19-10-6-8-12-22(19)25/h5-12,15H,4,13-14,16-17H2,1-3H3. The molecule has 0 bridgehead atoms. The number of carbonyl (C=O) groups excluding carboxylic acids is 1. The largest absolute Gasteiger partial charge is 0.383 e. The van der Waals surface area contributed by atoms with E-state index in [0.29, 0.717) is 41.5 Å². The van der Waals surface area contributed by atoms with Gasteiger partial charge in [0.2, 0.25) is 15.0 Å². The van der Waals surface area contributed by atoms with Gasteiger partial charge in [-0.25, -0.2) is 13.4 Å². The number of hydrogen-bond donors (Lipinski definition) is 0. The predicted octanol–water partition coefficient (Wildman–Crippen LogP) is 4.13. The van der Waals surface area contributed by atoms with Gasteiger partial charge < -0.3 is 14.2 Å². The minimum absolute atomic E-state index is 0.0612. The molecule has 7 nitrogen and oxygen atoms in total. The van der Waals surface area contributed by atoms with Crippen molar-refractivity contribution in [2.24, 2.45) is 0 Å². The minimum atomic E-state index is -3.79. The SMILES string of the molecule is CCN(Cc1cnc(S(=O)(=O)Cc2ccccc2Cl)n1CCOC)C(=O)c1ccccc1C. The van der Waals surface area contributed by atoms with Crippen molar-refractivity contribution in [2.75, 3.05) is 20.3 Å².